The minimum Gasteiger partial charge on any atom is -0.463 e. The minimum absolute atomic E-state index is 0.148. The van der Waals surface area contributed by atoms with Crippen LogP contribution in [-0.4, -0.2) is 18.6 Å². The first-order valence-corrected chi connectivity index (χ1v) is 6.51. The second-order valence-corrected chi connectivity index (χ2v) is 4.75. The standard InChI is InChI=1S/C13H16INO2/c1-4-17-13(16)9(2)10(3)15-12-8-6-5-7-11(12)14/h5-8,10,15H,2,4H2,1,3H3. The van der Waals surface area contributed by atoms with E-state index in [9.17, 15) is 4.79 Å². The fourth-order valence-electron chi connectivity index (χ4n) is 1.30. The molecule has 1 atom stereocenters. The summed E-state index contributed by atoms with van der Waals surface area (Å²) in [6.45, 7) is 7.80. The van der Waals surface area contributed by atoms with Gasteiger partial charge in [-0.1, -0.05) is 18.7 Å². The van der Waals surface area contributed by atoms with Crippen molar-refractivity contribution in [2.24, 2.45) is 0 Å². The van der Waals surface area contributed by atoms with E-state index >= 15 is 0 Å². The van der Waals surface area contributed by atoms with E-state index in [0.29, 0.717) is 12.2 Å². The predicted octanol–water partition coefficient (Wildman–Crippen LogP) is 3.21. The lowest BCUT2D eigenvalue weighted by Gasteiger charge is -2.17. The van der Waals surface area contributed by atoms with Gasteiger partial charge in [-0.05, 0) is 48.6 Å². The van der Waals surface area contributed by atoms with Gasteiger partial charge in [0.25, 0.3) is 0 Å². The van der Waals surface area contributed by atoms with E-state index in [0.717, 1.165) is 9.26 Å². The van der Waals surface area contributed by atoms with E-state index in [-0.39, 0.29) is 12.0 Å². The molecule has 0 saturated heterocycles. The quantitative estimate of drug-likeness (QED) is 0.506. The molecule has 0 aromatic heterocycles. The molecule has 0 aliphatic rings. The van der Waals surface area contributed by atoms with E-state index in [1.807, 2.05) is 31.2 Å². The second-order valence-electron chi connectivity index (χ2n) is 3.59. The van der Waals surface area contributed by atoms with Gasteiger partial charge in [0.15, 0.2) is 0 Å². The van der Waals surface area contributed by atoms with Crippen LogP contribution in [-0.2, 0) is 9.53 Å². The first-order valence-electron chi connectivity index (χ1n) is 5.43. The van der Waals surface area contributed by atoms with Crippen LogP contribution >= 0.6 is 22.6 Å². The van der Waals surface area contributed by atoms with Gasteiger partial charge in [-0.3, -0.25) is 0 Å². The van der Waals surface area contributed by atoms with Gasteiger partial charge in [0.1, 0.15) is 0 Å². The van der Waals surface area contributed by atoms with Crippen LogP contribution in [0.1, 0.15) is 13.8 Å². The first-order chi connectivity index (χ1) is 8.06. The van der Waals surface area contributed by atoms with Crippen molar-refractivity contribution >= 4 is 34.2 Å². The number of hydrogen-bond donors (Lipinski definition) is 1. The van der Waals surface area contributed by atoms with Gasteiger partial charge in [-0.25, -0.2) is 4.79 Å². The highest BCUT2D eigenvalue weighted by Crippen LogP contribution is 2.19. The minimum atomic E-state index is -0.349. The van der Waals surface area contributed by atoms with Gasteiger partial charge < -0.3 is 10.1 Å². The molecule has 1 rings (SSSR count). The Kier molecular flexibility index (Phi) is 5.47. The Balaban J connectivity index is 2.66. The Morgan fingerprint density at radius 3 is 2.76 bits per heavy atom. The van der Waals surface area contributed by atoms with Crippen LogP contribution in [0.3, 0.4) is 0 Å². The average molecular weight is 345 g/mol. The Hall–Kier alpha value is -1.04. The lowest BCUT2D eigenvalue weighted by molar-refractivity contribution is -0.138. The highest BCUT2D eigenvalue weighted by atomic mass is 127. The number of para-hydroxylation sites is 1. The van der Waals surface area contributed by atoms with Crippen molar-refractivity contribution in [3.8, 4) is 0 Å². The molecule has 0 radical (unpaired) electrons. The lowest BCUT2D eigenvalue weighted by Crippen LogP contribution is -2.24. The zero-order valence-corrected chi connectivity index (χ0v) is 12.2. The molecule has 17 heavy (non-hydrogen) atoms. The summed E-state index contributed by atoms with van der Waals surface area (Å²) < 4.78 is 6.02. The summed E-state index contributed by atoms with van der Waals surface area (Å²) >= 11 is 2.24. The zero-order chi connectivity index (χ0) is 12.8. The van der Waals surface area contributed by atoms with Gasteiger partial charge in [-0.15, -0.1) is 0 Å². The maximum atomic E-state index is 11.5. The summed E-state index contributed by atoms with van der Waals surface area (Å²) in [7, 11) is 0. The van der Waals surface area contributed by atoms with Crippen LogP contribution in [0.25, 0.3) is 0 Å². The molecule has 1 aromatic rings. The molecule has 0 aliphatic heterocycles. The molecule has 0 saturated carbocycles. The number of carbonyl (C=O) groups is 1. The number of ether oxygens (including phenoxy) is 1. The molecular formula is C13H16INO2. The third kappa shape index (κ3) is 4.03. The second kappa shape index (κ2) is 6.64. The number of nitrogens with one attached hydrogen (secondary N) is 1. The highest BCUT2D eigenvalue weighted by Gasteiger charge is 2.16. The summed E-state index contributed by atoms with van der Waals surface area (Å²) in [5.41, 5.74) is 1.43. The molecular weight excluding hydrogens is 329 g/mol. The van der Waals surface area contributed by atoms with E-state index in [1.165, 1.54) is 0 Å². The third-order valence-corrected chi connectivity index (χ3v) is 3.25. The van der Waals surface area contributed by atoms with Crippen LogP contribution in [0.2, 0.25) is 0 Å². The summed E-state index contributed by atoms with van der Waals surface area (Å²) in [4.78, 5) is 11.5. The zero-order valence-electron chi connectivity index (χ0n) is 10.00. The maximum Gasteiger partial charge on any atom is 0.335 e. The molecule has 0 spiro atoms. The molecule has 0 aliphatic carbocycles. The Morgan fingerprint density at radius 2 is 2.18 bits per heavy atom. The van der Waals surface area contributed by atoms with Crippen LogP contribution in [0.15, 0.2) is 36.4 Å². The molecule has 0 fully saturated rings. The molecule has 1 aromatic carbocycles. The van der Waals surface area contributed by atoms with Crippen LogP contribution in [0, 0.1) is 3.57 Å². The maximum absolute atomic E-state index is 11.5. The molecule has 3 nitrogen and oxygen atoms in total. The fourth-order valence-corrected chi connectivity index (χ4v) is 1.84. The number of esters is 1. The number of rotatable bonds is 5. The largest absolute Gasteiger partial charge is 0.463 e. The number of hydrogen-bond acceptors (Lipinski definition) is 3. The number of halogens is 1. The SMILES string of the molecule is C=C(C(=O)OCC)C(C)Nc1ccccc1I. The van der Waals surface area contributed by atoms with Gasteiger partial charge in [0.05, 0.1) is 18.2 Å². The summed E-state index contributed by atoms with van der Waals surface area (Å²) in [6, 6.07) is 7.74. The molecule has 1 N–H and O–H groups in total. The van der Waals surface area contributed by atoms with E-state index in [1.54, 1.807) is 6.92 Å². The predicted molar refractivity (Wildman–Crippen MR) is 78.0 cm³/mol. The summed E-state index contributed by atoms with van der Waals surface area (Å²) in [6.07, 6.45) is 0. The normalized spacial score (nSPS) is 11.7. The third-order valence-electron chi connectivity index (χ3n) is 2.31. The van der Waals surface area contributed by atoms with Gasteiger partial charge in [0, 0.05) is 9.26 Å². The monoisotopic (exact) mass is 345 g/mol. The molecule has 92 valence electrons. The summed E-state index contributed by atoms with van der Waals surface area (Å²) in [5, 5.41) is 3.24. The molecule has 4 heteroatoms. The van der Waals surface area contributed by atoms with Crippen molar-refractivity contribution in [1.82, 2.24) is 0 Å². The number of benzene rings is 1. The van der Waals surface area contributed by atoms with E-state index < -0.39 is 0 Å². The highest BCUT2D eigenvalue weighted by molar-refractivity contribution is 14.1. The van der Waals surface area contributed by atoms with Gasteiger partial charge >= 0.3 is 5.97 Å². The van der Waals surface area contributed by atoms with Crippen molar-refractivity contribution in [3.05, 3.63) is 40.0 Å². The Labute approximate surface area is 115 Å². The first kappa shape index (κ1) is 14.0. The van der Waals surface area contributed by atoms with Crippen LogP contribution in [0.4, 0.5) is 5.69 Å². The van der Waals surface area contributed by atoms with E-state index in [2.05, 4.69) is 34.5 Å². The van der Waals surface area contributed by atoms with Crippen molar-refractivity contribution in [1.29, 1.82) is 0 Å². The Bertz CT molecular complexity index is 418. The van der Waals surface area contributed by atoms with Crippen LogP contribution in [0.5, 0.6) is 0 Å². The fraction of sp³-hybridized carbons (Fsp3) is 0.308. The smallest absolute Gasteiger partial charge is 0.335 e. The number of anilines is 1. The molecule has 1 unspecified atom stereocenters. The topological polar surface area (TPSA) is 38.3 Å². The molecule has 0 bridgehead atoms. The average Bonchev–Trinajstić information content (AvgIpc) is 2.31. The van der Waals surface area contributed by atoms with Crippen molar-refractivity contribution in [3.63, 3.8) is 0 Å². The van der Waals surface area contributed by atoms with E-state index in [4.69, 9.17) is 4.74 Å². The van der Waals surface area contributed by atoms with Crippen molar-refractivity contribution in [2.45, 2.75) is 19.9 Å². The summed E-state index contributed by atoms with van der Waals surface area (Å²) in [5.74, 6) is -0.349. The number of carbonyl (C=O) groups excluding carboxylic acids is 1. The molecule has 0 amide bonds. The van der Waals surface area contributed by atoms with Crippen molar-refractivity contribution in [2.75, 3.05) is 11.9 Å². The van der Waals surface area contributed by atoms with Gasteiger partial charge in [-0.2, -0.15) is 0 Å². The molecule has 0 heterocycles. The Morgan fingerprint density at radius 1 is 1.53 bits per heavy atom. The lowest BCUT2D eigenvalue weighted by atomic mass is 10.1. The van der Waals surface area contributed by atoms with Crippen molar-refractivity contribution < 1.29 is 9.53 Å². The van der Waals surface area contributed by atoms with Gasteiger partial charge in [0.2, 0.25) is 0 Å². The van der Waals surface area contributed by atoms with Crippen LogP contribution < -0.4 is 5.32 Å².